The molecular weight excluding hydrogens is 350 g/mol. The van der Waals surface area contributed by atoms with E-state index >= 15 is 0 Å². The molecule has 1 rings (SSSR count). The summed E-state index contributed by atoms with van der Waals surface area (Å²) < 4.78 is 5.53. The van der Waals surface area contributed by atoms with E-state index in [9.17, 15) is 9.59 Å². The van der Waals surface area contributed by atoms with Crippen LogP contribution in [0.2, 0.25) is 0 Å². The van der Waals surface area contributed by atoms with Crippen molar-refractivity contribution < 1.29 is 9.21 Å². The van der Waals surface area contributed by atoms with Crippen molar-refractivity contribution in [1.29, 1.82) is 0 Å². The number of hydrogen-bond acceptors (Lipinski definition) is 3. The van der Waals surface area contributed by atoms with Crippen molar-refractivity contribution >= 4 is 18.1 Å². The number of rotatable bonds is 8. The number of nitrogens with one attached hydrogen (secondary N) is 1. The van der Waals surface area contributed by atoms with Crippen LogP contribution in [0.3, 0.4) is 0 Å². The summed E-state index contributed by atoms with van der Waals surface area (Å²) in [5.41, 5.74) is -0.903. The zero-order valence-electron chi connectivity index (χ0n) is 18.4. The molecule has 0 atom stereocenters. The maximum absolute atomic E-state index is 12.9. The van der Waals surface area contributed by atoms with Gasteiger partial charge < -0.3 is 9.73 Å². The number of carbonyl (C=O) groups is 1. The maximum atomic E-state index is 12.9. The molecule has 0 aliphatic carbocycles. The fourth-order valence-corrected chi connectivity index (χ4v) is 3.31. The van der Waals surface area contributed by atoms with Crippen molar-refractivity contribution in [3.63, 3.8) is 0 Å². The summed E-state index contributed by atoms with van der Waals surface area (Å²) in [5, 5.41) is 3.87. The first-order chi connectivity index (χ1) is 12.8. The van der Waals surface area contributed by atoms with Crippen molar-refractivity contribution in [3.8, 4) is 0 Å². The van der Waals surface area contributed by atoms with Crippen LogP contribution in [0, 0.1) is 5.41 Å². The molecule has 0 saturated carbocycles. The third kappa shape index (κ3) is 5.82. The second-order valence-electron chi connectivity index (χ2n) is 9.21. The molecule has 1 N–H and O–H groups in total. The first-order valence-corrected chi connectivity index (χ1v) is 9.72. The van der Waals surface area contributed by atoms with E-state index in [4.69, 9.17) is 4.42 Å². The molecular formula is C24H35NO3. The third-order valence-electron chi connectivity index (χ3n) is 5.14. The van der Waals surface area contributed by atoms with E-state index in [-0.39, 0.29) is 11.4 Å². The van der Waals surface area contributed by atoms with Gasteiger partial charge in [-0.25, -0.2) is 4.79 Å². The van der Waals surface area contributed by atoms with E-state index in [1.807, 2.05) is 54.5 Å². The lowest BCUT2D eigenvalue weighted by Gasteiger charge is -2.36. The van der Waals surface area contributed by atoms with Gasteiger partial charge in [0.1, 0.15) is 5.42 Å². The van der Waals surface area contributed by atoms with Crippen LogP contribution in [0.15, 0.2) is 40.6 Å². The highest BCUT2D eigenvalue weighted by molar-refractivity contribution is 5.82. The van der Waals surface area contributed by atoms with Crippen LogP contribution in [-0.4, -0.2) is 11.4 Å². The van der Waals surface area contributed by atoms with Crippen LogP contribution >= 0.6 is 0 Å². The minimum atomic E-state index is -0.656. The molecule has 0 aliphatic rings. The maximum Gasteiger partial charge on any atom is 0.340 e. The molecule has 0 unspecified atom stereocenters. The SMILES string of the molecule is C=C/C=c1/cc(C(C)(C)CC(C)(C)C(=O)NC(C)(C)CC)c(=O)o/c1=C/C=C. The van der Waals surface area contributed by atoms with E-state index in [0.29, 0.717) is 17.4 Å². The summed E-state index contributed by atoms with van der Waals surface area (Å²) in [6.45, 7) is 21.2. The molecule has 0 radical (unpaired) electrons. The topological polar surface area (TPSA) is 59.3 Å². The van der Waals surface area contributed by atoms with Gasteiger partial charge in [0.25, 0.3) is 0 Å². The molecule has 0 fully saturated rings. The van der Waals surface area contributed by atoms with Gasteiger partial charge in [-0.05, 0) is 44.2 Å². The van der Waals surface area contributed by atoms with Crippen molar-refractivity contribution in [2.24, 2.45) is 5.41 Å². The number of carbonyl (C=O) groups excluding carboxylic acids is 1. The second-order valence-corrected chi connectivity index (χ2v) is 9.21. The molecule has 1 amide bonds. The smallest absolute Gasteiger partial charge is 0.340 e. The second kappa shape index (κ2) is 8.76. The van der Waals surface area contributed by atoms with Gasteiger partial charge in [0.15, 0.2) is 0 Å². The van der Waals surface area contributed by atoms with E-state index in [0.717, 1.165) is 11.6 Å². The Bertz CT molecular complexity index is 914. The number of amides is 1. The summed E-state index contributed by atoms with van der Waals surface area (Å²) in [6, 6.07) is 1.83. The largest absolute Gasteiger partial charge is 0.423 e. The Balaban J connectivity index is 3.38. The Morgan fingerprint density at radius 1 is 1.11 bits per heavy atom. The van der Waals surface area contributed by atoms with Gasteiger partial charge in [-0.3, -0.25) is 4.79 Å². The molecule has 28 heavy (non-hydrogen) atoms. The quantitative estimate of drug-likeness (QED) is 0.744. The molecule has 1 aromatic rings. The molecule has 0 saturated heterocycles. The Morgan fingerprint density at radius 2 is 1.68 bits per heavy atom. The summed E-state index contributed by atoms with van der Waals surface area (Å²) >= 11 is 0. The van der Waals surface area contributed by atoms with Gasteiger partial charge in [0, 0.05) is 21.7 Å². The normalized spacial score (nSPS) is 14.1. The van der Waals surface area contributed by atoms with Crippen molar-refractivity contribution in [1.82, 2.24) is 5.32 Å². The Morgan fingerprint density at radius 3 is 2.18 bits per heavy atom. The highest BCUT2D eigenvalue weighted by atomic mass is 16.4. The molecule has 4 heteroatoms. The fourth-order valence-electron chi connectivity index (χ4n) is 3.31. The fraction of sp³-hybridized carbons (Fsp3) is 0.500. The minimum Gasteiger partial charge on any atom is -0.423 e. The zero-order chi connectivity index (χ0) is 21.8. The summed E-state index contributed by atoms with van der Waals surface area (Å²) in [7, 11) is 0. The van der Waals surface area contributed by atoms with Crippen molar-refractivity contribution in [3.05, 3.63) is 58.0 Å². The molecule has 0 spiro atoms. The Hall–Kier alpha value is -2.36. The van der Waals surface area contributed by atoms with E-state index < -0.39 is 16.5 Å². The Labute approximate surface area is 168 Å². The lowest BCUT2D eigenvalue weighted by Crippen LogP contribution is -2.50. The van der Waals surface area contributed by atoms with Crippen LogP contribution in [0.1, 0.15) is 66.9 Å². The Kier molecular flexibility index (Phi) is 7.41. The minimum absolute atomic E-state index is 0.0219. The highest BCUT2D eigenvalue weighted by Gasteiger charge is 2.38. The van der Waals surface area contributed by atoms with Crippen LogP contribution in [0.5, 0.6) is 0 Å². The predicted octanol–water partition coefficient (Wildman–Crippen LogP) is 3.57. The molecule has 0 bridgehead atoms. The van der Waals surface area contributed by atoms with Gasteiger partial charge in [-0.15, -0.1) is 0 Å². The van der Waals surface area contributed by atoms with E-state index in [1.54, 1.807) is 24.3 Å². The standard InChI is InChI=1S/C24H35NO3/c1-10-13-17-15-18(20(26)28-19(17)14-11-2)22(4,5)16-23(6,7)21(27)25-24(8,9)12-3/h10-11,13-15H,1-2,12,16H2,3-9H3,(H,25,27)/b17-13-,19-14+. The molecule has 0 aromatic carbocycles. The van der Waals surface area contributed by atoms with Gasteiger partial charge >= 0.3 is 5.63 Å². The van der Waals surface area contributed by atoms with Crippen molar-refractivity contribution in [2.45, 2.75) is 72.3 Å². The van der Waals surface area contributed by atoms with Crippen molar-refractivity contribution in [2.75, 3.05) is 0 Å². The molecule has 4 nitrogen and oxygen atoms in total. The first kappa shape index (κ1) is 23.7. The average molecular weight is 386 g/mol. The van der Waals surface area contributed by atoms with Crippen LogP contribution in [0.4, 0.5) is 0 Å². The van der Waals surface area contributed by atoms with Crippen LogP contribution in [0.25, 0.3) is 12.2 Å². The van der Waals surface area contributed by atoms with Crippen LogP contribution < -0.4 is 21.6 Å². The van der Waals surface area contributed by atoms with E-state index in [2.05, 4.69) is 18.5 Å². The predicted molar refractivity (Wildman–Crippen MR) is 117 cm³/mol. The van der Waals surface area contributed by atoms with Gasteiger partial charge in [-0.2, -0.15) is 0 Å². The summed E-state index contributed by atoms with van der Waals surface area (Å²) in [4.78, 5) is 25.6. The lowest BCUT2D eigenvalue weighted by atomic mass is 9.71. The van der Waals surface area contributed by atoms with Gasteiger partial charge in [-0.1, -0.05) is 66.0 Å². The third-order valence-corrected chi connectivity index (χ3v) is 5.14. The van der Waals surface area contributed by atoms with E-state index in [1.165, 1.54) is 0 Å². The molecule has 1 aromatic heterocycles. The lowest BCUT2D eigenvalue weighted by molar-refractivity contribution is -0.132. The number of allylic oxidation sites excluding steroid dienone is 2. The first-order valence-electron chi connectivity index (χ1n) is 9.72. The number of hydrogen-bond donors (Lipinski definition) is 1. The highest BCUT2D eigenvalue weighted by Crippen LogP contribution is 2.35. The van der Waals surface area contributed by atoms with Gasteiger partial charge in [0.05, 0.1) is 0 Å². The zero-order valence-corrected chi connectivity index (χ0v) is 18.4. The van der Waals surface area contributed by atoms with Gasteiger partial charge in [0.2, 0.25) is 5.91 Å². The summed E-state index contributed by atoms with van der Waals surface area (Å²) in [6.07, 6.45) is 8.00. The monoisotopic (exact) mass is 385 g/mol. The average Bonchev–Trinajstić information content (AvgIpc) is 2.56. The molecule has 1 heterocycles. The summed E-state index contributed by atoms with van der Waals surface area (Å²) in [5.74, 6) is -0.0219. The molecule has 154 valence electrons. The van der Waals surface area contributed by atoms with Crippen LogP contribution in [-0.2, 0) is 10.2 Å². The molecule has 0 aliphatic heterocycles.